The summed E-state index contributed by atoms with van der Waals surface area (Å²) < 4.78 is 54.3. The summed E-state index contributed by atoms with van der Waals surface area (Å²) in [5, 5.41) is 153. The zero-order chi connectivity index (χ0) is 55.9. The van der Waals surface area contributed by atoms with Crippen LogP contribution in [0.1, 0.15) is 99.8 Å². The predicted octanol–water partition coefficient (Wildman–Crippen LogP) is -2.57. The van der Waals surface area contributed by atoms with Crippen molar-refractivity contribution in [1.82, 2.24) is 0 Å². The Morgan fingerprint density at radius 1 is 0.545 bits per heavy atom. The van der Waals surface area contributed by atoms with Crippen molar-refractivity contribution in [2.45, 2.75) is 240 Å². The maximum Gasteiger partial charge on any atom is 0.187 e. The van der Waals surface area contributed by atoms with Gasteiger partial charge < -0.3 is 114 Å². The molecular weight excluding hydrogens is 1020 g/mol. The molecular formula is C54H88O23. The number of aliphatic hydroxyl groups is 14. The van der Waals surface area contributed by atoms with Gasteiger partial charge in [0, 0.05) is 22.2 Å². The molecule has 9 fully saturated rings. The first-order valence-corrected chi connectivity index (χ1v) is 28.0. The summed E-state index contributed by atoms with van der Waals surface area (Å²) in [6.07, 6.45) is -23.5. The number of hydrogen-bond acceptors (Lipinski definition) is 23. The number of fused-ring (bicyclic) bond motifs is 4. The van der Waals surface area contributed by atoms with Gasteiger partial charge in [0.15, 0.2) is 25.2 Å². The van der Waals surface area contributed by atoms with Crippen LogP contribution in [-0.4, -0.2) is 245 Å². The standard InChI is InChI=1S/C54H88O23/c1-23-32(59)43(77-46-39(66)36(63)34(61)26(74-46)20-69-44-40(67)37(64)42(25(19-56)73-44)76-45-38(65)35(62)33(60)24(18-55)72-45)41(68)47(71-23)75-31-10-11-49(4)27(50(31,5)21-57)8-12-51(6)28(49)9-13-54-29-16-48(2,3)14-15-53(29,22-70-54)30(58)17-52(51,54)7/h9,13,23-47,55-68H,8,10-12,14-22H2,1-7H3/t23-,24-,25-,26-,27-,28-,29-,30+,31+,32+,33-,34-,35+,36+,37-,38-,39-,40-,41-,42-,43+,44-,45+,46+,47+,49+,50+,51-,52+,53-,54+/m1/s1. The van der Waals surface area contributed by atoms with E-state index in [9.17, 15) is 71.5 Å². The molecule has 0 aromatic rings. The smallest absolute Gasteiger partial charge is 0.187 e. The fourth-order valence-corrected chi connectivity index (χ4v) is 17.2. The Morgan fingerprint density at radius 2 is 1.14 bits per heavy atom. The van der Waals surface area contributed by atoms with Gasteiger partial charge in [-0.25, -0.2) is 0 Å². The topological polar surface area (TPSA) is 366 Å². The highest BCUT2D eigenvalue weighted by atomic mass is 16.8. The third kappa shape index (κ3) is 8.93. The Hall–Kier alpha value is -1.18. The lowest BCUT2D eigenvalue weighted by Crippen LogP contribution is -2.72. The SMILES string of the molecule is C[C@H]1O[C@@H](O[C@H]2CC[C@@]3(C)[C@@H](CC[C@]4(C)[C@@H]3C=C[C@]35OC[C@@]6(CCC(C)(C)C[C@H]63)[C@@H](O)C[C@]54C)[C@]2(C)CO)[C@H](O)[C@@H](O[C@@H]2O[C@H](CO[C@@H]3O[C@H](CO)[C@@H](O[C@@H]4O[C@H](CO)[C@@H](O)[C@H](O)[C@H]4O)[C@H](O)[C@H]3O)[C@@H](O)[C@H](O)[C@H]2O)[C@H]1O. The summed E-state index contributed by atoms with van der Waals surface area (Å²) in [5.41, 5.74) is -2.41. The summed E-state index contributed by atoms with van der Waals surface area (Å²) in [7, 11) is 0. The van der Waals surface area contributed by atoms with Gasteiger partial charge in [0.2, 0.25) is 0 Å². The second kappa shape index (κ2) is 20.9. The van der Waals surface area contributed by atoms with Gasteiger partial charge in [-0.2, -0.15) is 0 Å². The number of aliphatic hydroxyl groups excluding tert-OH is 14. The Kier molecular flexibility index (Phi) is 16.0. The maximum absolute atomic E-state index is 12.2. The summed E-state index contributed by atoms with van der Waals surface area (Å²) >= 11 is 0. The second-order valence-corrected chi connectivity index (χ2v) is 26.6. The lowest BCUT2D eigenvalue weighted by atomic mass is 9.32. The Bertz CT molecular complexity index is 2120. The van der Waals surface area contributed by atoms with E-state index < -0.39 is 166 Å². The minimum absolute atomic E-state index is 0.0531. The van der Waals surface area contributed by atoms with Crippen LogP contribution in [0.15, 0.2) is 12.2 Å². The lowest BCUT2D eigenvalue weighted by molar-refractivity contribution is -0.376. The normalized spacial score (nSPS) is 58.1. The second-order valence-electron chi connectivity index (χ2n) is 26.6. The fourth-order valence-electron chi connectivity index (χ4n) is 17.2. The largest absolute Gasteiger partial charge is 0.396 e. The molecule has 10 rings (SSSR count). The maximum atomic E-state index is 12.2. The van der Waals surface area contributed by atoms with Gasteiger partial charge in [0.1, 0.15) is 91.6 Å². The average Bonchev–Trinajstić information content (AvgIpc) is 3.34. The van der Waals surface area contributed by atoms with E-state index in [4.69, 9.17) is 42.6 Å². The van der Waals surface area contributed by atoms with E-state index in [0.717, 1.165) is 32.1 Å². The van der Waals surface area contributed by atoms with Crippen molar-refractivity contribution < 1.29 is 114 Å². The molecule has 5 aliphatic heterocycles. The first kappa shape index (κ1) is 59.0. The molecule has 5 aliphatic carbocycles. The van der Waals surface area contributed by atoms with Crippen molar-refractivity contribution in [2.75, 3.05) is 33.0 Å². The molecule has 442 valence electrons. The van der Waals surface area contributed by atoms with Gasteiger partial charge in [-0.1, -0.05) is 53.7 Å². The van der Waals surface area contributed by atoms with E-state index in [2.05, 4.69) is 46.8 Å². The van der Waals surface area contributed by atoms with Crippen LogP contribution in [0.25, 0.3) is 0 Å². The van der Waals surface area contributed by atoms with Crippen LogP contribution in [0.3, 0.4) is 0 Å². The van der Waals surface area contributed by atoms with E-state index in [-0.39, 0.29) is 51.4 Å². The summed E-state index contributed by atoms with van der Waals surface area (Å²) in [6, 6.07) is 0. The molecule has 4 saturated carbocycles. The third-order valence-electron chi connectivity index (χ3n) is 22.1. The van der Waals surface area contributed by atoms with Crippen LogP contribution in [-0.2, 0) is 42.6 Å². The van der Waals surface area contributed by atoms with Crippen LogP contribution in [0.2, 0.25) is 0 Å². The molecule has 23 nitrogen and oxygen atoms in total. The van der Waals surface area contributed by atoms with E-state index in [0.29, 0.717) is 25.9 Å². The molecule has 10 aliphatic rings. The zero-order valence-electron chi connectivity index (χ0n) is 45.2. The van der Waals surface area contributed by atoms with Crippen LogP contribution >= 0.6 is 0 Å². The third-order valence-corrected chi connectivity index (χ3v) is 22.1. The molecule has 5 heterocycles. The first-order chi connectivity index (χ1) is 36.1. The molecule has 31 atom stereocenters. The molecule has 0 aromatic heterocycles. The molecule has 5 saturated heterocycles. The highest BCUT2D eigenvalue weighted by molar-refractivity contribution is 5.36. The van der Waals surface area contributed by atoms with E-state index in [1.807, 2.05) is 6.92 Å². The van der Waals surface area contributed by atoms with Crippen LogP contribution in [0.4, 0.5) is 0 Å². The van der Waals surface area contributed by atoms with Gasteiger partial charge in [0.05, 0.1) is 56.9 Å². The molecule has 2 bridgehead atoms. The molecule has 0 radical (unpaired) electrons. The number of allylic oxidation sites excluding steroid dienone is 1. The molecule has 1 spiro atoms. The predicted molar refractivity (Wildman–Crippen MR) is 262 cm³/mol. The Balaban J connectivity index is 0.805. The van der Waals surface area contributed by atoms with Crippen molar-refractivity contribution in [3.8, 4) is 0 Å². The average molecular weight is 1110 g/mol. The lowest BCUT2D eigenvalue weighted by Gasteiger charge is -2.73. The quantitative estimate of drug-likeness (QED) is 0.0705. The molecule has 77 heavy (non-hydrogen) atoms. The van der Waals surface area contributed by atoms with Gasteiger partial charge in [-0.15, -0.1) is 0 Å². The van der Waals surface area contributed by atoms with E-state index >= 15 is 0 Å². The molecule has 0 amide bonds. The van der Waals surface area contributed by atoms with Gasteiger partial charge >= 0.3 is 0 Å². The molecule has 0 unspecified atom stereocenters. The molecule has 14 N–H and O–H groups in total. The van der Waals surface area contributed by atoms with E-state index in [1.165, 1.54) is 0 Å². The highest BCUT2D eigenvalue weighted by Gasteiger charge is 2.79. The van der Waals surface area contributed by atoms with Gasteiger partial charge in [0.25, 0.3) is 0 Å². The molecule has 0 aromatic carbocycles. The van der Waals surface area contributed by atoms with Gasteiger partial charge in [-0.3, -0.25) is 0 Å². The van der Waals surface area contributed by atoms with Crippen molar-refractivity contribution >= 4 is 0 Å². The number of rotatable bonds is 12. The van der Waals surface area contributed by atoms with Gasteiger partial charge in [-0.05, 0) is 86.4 Å². The van der Waals surface area contributed by atoms with Crippen molar-refractivity contribution in [3.63, 3.8) is 0 Å². The van der Waals surface area contributed by atoms with Crippen LogP contribution in [0, 0.1) is 50.2 Å². The fraction of sp³-hybridized carbons (Fsp3) is 0.963. The van der Waals surface area contributed by atoms with Crippen LogP contribution in [0.5, 0.6) is 0 Å². The molecule has 23 heteroatoms. The zero-order valence-corrected chi connectivity index (χ0v) is 45.2. The summed E-state index contributed by atoms with van der Waals surface area (Å²) in [4.78, 5) is 0. The minimum atomic E-state index is -1.95. The monoisotopic (exact) mass is 1100 g/mol. The Morgan fingerprint density at radius 3 is 1.79 bits per heavy atom. The number of ether oxygens (including phenoxy) is 9. The summed E-state index contributed by atoms with van der Waals surface area (Å²) in [6.45, 7) is 13.3. The van der Waals surface area contributed by atoms with Crippen molar-refractivity contribution in [2.24, 2.45) is 50.2 Å². The first-order valence-electron chi connectivity index (χ1n) is 28.0. The highest BCUT2D eigenvalue weighted by Crippen LogP contribution is 2.79. The number of hydrogen-bond donors (Lipinski definition) is 14. The summed E-state index contributed by atoms with van der Waals surface area (Å²) in [5.74, 6) is 0.221. The Labute approximate surface area is 448 Å². The van der Waals surface area contributed by atoms with E-state index in [1.54, 1.807) is 6.92 Å². The minimum Gasteiger partial charge on any atom is -0.396 e. The van der Waals surface area contributed by atoms with Crippen molar-refractivity contribution in [1.29, 1.82) is 0 Å². The van der Waals surface area contributed by atoms with Crippen molar-refractivity contribution in [3.05, 3.63) is 12.2 Å². The van der Waals surface area contributed by atoms with Crippen LogP contribution < -0.4 is 0 Å².